The van der Waals surface area contributed by atoms with E-state index in [1.807, 2.05) is 0 Å². The van der Waals surface area contributed by atoms with Gasteiger partial charge in [-0.3, -0.25) is 4.79 Å². The van der Waals surface area contributed by atoms with Gasteiger partial charge in [-0.05, 0) is 12.1 Å². The van der Waals surface area contributed by atoms with Crippen molar-refractivity contribution in [2.24, 2.45) is 0 Å². The molecule has 0 unspecified atom stereocenters. The van der Waals surface area contributed by atoms with Gasteiger partial charge in [-0.1, -0.05) is 0 Å². The molecule has 7 heteroatoms. The first-order valence-electron chi connectivity index (χ1n) is 7.34. The number of hydrogen-bond acceptors (Lipinski definition) is 6. The zero-order chi connectivity index (χ0) is 16.2. The van der Waals surface area contributed by atoms with E-state index in [1.165, 1.54) is 6.08 Å². The van der Waals surface area contributed by atoms with Gasteiger partial charge in [0.05, 0.1) is 27.4 Å². The van der Waals surface area contributed by atoms with Gasteiger partial charge in [0.2, 0.25) is 24.2 Å². The highest BCUT2D eigenvalue weighted by molar-refractivity contribution is 5.92. The van der Waals surface area contributed by atoms with E-state index >= 15 is 0 Å². The van der Waals surface area contributed by atoms with Crippen LogP contribution in [0, 0.1) is 0 Å². The molecule has 0 aromatic heterocycles. The van der Waals surface area contributed by atoms with Crippen molar-refractivity contribution >= 4 is 12.0 Å². The van der Waals surface area contributed by atoms with Crippen molar-refractivity contribution in [2.75, 3.05) is 47.3 Å². The SMILES string of the molecule is COc1cc(/C=C/C(=O)N2CCOCC2)c(OC)c2c1OCO2. The van der Waals surface area contributed by atoms with E-state index in [0.717, 1.165) is 0 Å². The molecule has 7 nitrogen and oxygen atoms in total. The molecule has 2 heterocycles. The lowest BCUT2D eigenvalue weighted by molar-refractivity contribution is -0.129. The Hall–Kier alpha value is -2.41. The van der Waals surface area contributed by atoms with Gasteiger partial charge in [-0.15, -0.1) is 0 Å². The van der Waals surface area contributed by atoms with Gasteiger partial charge in [0.1, 0.15) is 0 Å². The Labute approximate surface area is 134 Å². The first-order chi connectivity index (χ1) is 11.2. The summed E-state index contributed by atoms with van der Waals surface area (Å²) in [5, 5.41) is 0. The predicted molar refractivity (Wildman–Crippen MR) is 82.1 cm³/mol. The number of carbonyl (C=O) groups excluding carboxylic acids is 1. The van der Waals surface area contributed by atoms with Crippen LogP contribution in [0.4, 0.5) is 0 Å². The fourth-order valence-electron chi connectivity index (χ4n) is 2.57. The highest BCUT2D eigenvalue weighted by Crippen LogP contribution is 2.49. The van der Waals surface area contributed by atoms with E-state index in [9.17, 15) is 4.79 Å². The van der Waals surface area contributed by atoms with Crippen molar-refractivity contribution in [1.29, 1.82) is 0 Å². The first kappa shape index (κ1) is 15.5. The fourth-order valence-corrected chi connectivity index (χ4v) is 2.57. The third-order valence-corrected chi connectivity index (χ3v) is 3.74. The number of carbonyl (C=O) groups is 1. The maximum atomic E-state index is 12.2. The standard InChI is InChI=1S/C16H19NO6/c1-19-12-9-11(14(20-2)16-15(12)22-10-23-16)3-4-13(18)17-5-7-21-8-6-17/h3-4,9H,5-8,10H2,1-2H3/b4-3+. The number of hydrogen-bond donors (Lipinski definition) is 0. The molecule has 0 aliphatic carbocycles. The molecule has 1 amide bonds. The van der Waals surface area contributed by atoms with E-state index in [0.29, 0.717) is 54.9 Å². The zero-order valence-corrected chi connectivity index (χ0v) is 13.2. The highest BCUT2D eigenvalue weighted by atomic mass is 16.7. The fraction of sp³-hybridized carbons (Fsp3) is 0.438. The van der Waals surface area contributed by atoms with Crippen molar-refractivity contribution in [3.05, 3.63) is 17.7 Å². The van der Waals surface area contributed by atoms with Gasteiger partial charge in [0.25, 0.3) is 0 Å². The van der Waals surface area contributed by atoms with Crippen LogP contribution < -0.4 is 18.9 Å². The van der Waals surface area contributed by atoms with Crippen LogP contribution in [0.5, 0.6) is 23.0 Å². The van der Waals surface area contributed by atoms with Gasteiger partial charge in [0, 0.05) is 24.7 Å². The van der Waals surface area contributed by atoms with Crippen molar-refractivity contribution in [1.82, 2.24) is 4.90 Å². The van der Waals surface area contributed by atoms with Crippen LogP contribution in [0.15, 0.2) is 12.1 Å². The molecule has 0 N–H and O–H groups in total. The predicted octanol–water partition coefficient (Wildman–Crippen LogP) is 1.30. The Morgan fingerprint density at radius 1 is 1.17 bits per heavy atom. The Bertz CT molecular complexity index is 621. The van der Waals surface area contributed by atoms with Crippen LogP contribution >= 0.6 is 0 Å². The molecule has 1 aromatic rings. The lowest BCUT2D eigenvalue weighted by Crippen LogP contribution is -2.39. The normalized spacial score (nSPS) is 16.7. The van der Waals surface area contributed by atoms with Gasteiger partial charge in [-0.2, -0.15) is 0 Å². The smallest absolute Gasteiger partial charge is 0.246 e. The average Bonchev–Trinajstić information content (AvgIpc) is 3.08. The molecule has 1 saturated heterocycles. The summed E-state index contributed by atoms with van der Waals surface area (Å²) in [6, 6.07) is 1.76. The van der Waals surface area contributed by atoms with Gasteiger partial charge in [0.15, 0.2) is 11.5 Å². The summed E-state index contributed by atoms with van der Waals surface area (Å²) in [6.07, 6.45) is 3.21. The molecule has 3 rings (SSSR count). The van der Waals surface area contributed by atoms with Crippen molar-refractivity contribution in [3.63, 3.8) is 0 Å². The summed E-state index contributed by atoms with van der Waals surface area (Å²) < 4.78 is 26.8. The number of benzene rings is 1. The largest absolute Gasteiger partial charge is 0.493 e. The summed E-state index contributed by atoms with van der Waals surface area (Å²) in [4.78, 5) is 14.0. The van der Waals surface area contributed by atoms with Crippen LogP contribution in [0.1, 0.15) is 5.56 Å². The first-order valence-corrected chi connectivity index (χ1v) is 7.34. The van der Waals surface area contributed by atoms with E-state index < -0.39 is 0 Å². The summed E-state index contributed by atoms with van der Waals surface area (Å²) in [6.45, 7) is 2.46. The van der Waals surface area contributed by atoms with E-state index in [2.05, 4.69) is 0 Å². The Morgan fingerprint density at radius 2 is 1.91 bits per heavy atom. The third kappa shape index (κ3) is 3.05. The maximum Gasteiger partial charge on any atom is 0.246 e. The van der Waals surface area contributed by atoms with Crippen LogP contribution in [0.3, 0.4) is 0 Å². The molecule has 0 radical (unpaired) electrons. The molecule has 1 fully saturated rings. The number of morpholine rings is 1. The van der Waals surface area contributed by atoms with Crippen LogP contribution in [-0.2, 0) is 9.53 Å². The lowest BCUT2D eigenvalue weighted by Gasteiger charge is -2.25. The molecule has 0 atom stereocenters. The van der Waals surface area contributed by atoms with Crippen LogP contribution in [0.2, 0.25) is 0 Å². The highest BCUT2D eigenvalue weighted by Gasteiger charge is 2.26. The Morgan fingerprint density at radius 3 is 2.61 bits per heavy atom. The molecular formula is C16H19NO6. The van der Waals surface area contributed by atoms with Gasteiger partial charge >= 0.3 is 0 Å². The van der Waals surface area contributed by atoms with E-state index in [1.54, 1.807) is 31.3 Å². The monoisotopic (exact) mass is 321 g/mol. The van der Waals surface area contributed by atoms with Crippen molar-refractivity contribution in [3.8, 4) is 23.0 Å². The summed E-state index contributed by atoms with van der Waals surface area (Å²) in [7, 11) is 3.10. The quantitative estimate of drug-likeness (QED) is 0.779. The lowest BCUT2D eigenvalue weighted by atomic mass is 10.1. The number of nitrogens with zero attached hydrogens (tertiary/aromatic N) is 1. The average molecular weight is 321 g/mol. The number of rotatable bonds is 4. The van der Waals surface area contributed by atoms with Gasteiger partial charge < -0.3 is 28.6 Å². The molecule has 0 spiro atoms. The molecular weight excluding hydrogens is 302 g/mol. The Kier molecular flexibility index (Phi) is 4.57. The minimum Gasteiger partial charge on any atom is -0.493 e. The Balaban J connectivity index is 1.87. The van der Waals surface area contributed by atoms with Crippen molar-refractivity contribution in [2.45, 2.75) is 0 Å². The number of ether oxygens (including phenoxy) is 5. The van der Waals surface area contributed by atoms with E-state index in [-0.39, 0.29) is 12.7 Å². The minimum atomic E-state index is -0.0630. The summed E-state index contributed by atoms with van der Waals surface area (Å²) >= 11 is 0. The molecule has 2 aliphatic heterocycles. The molecule has 0 bridgehead atoms. The number of amides is 1. The third-order valence-electron chi connectivity index (χ3n) is 3.74. The number of fused-ring (bicyclic) bond motifs is 1. The van der Waals surface area contributed by atoms with Gasteiger partial charge in [-0.25, -0.2) is 0 Å². The molecule has 23 heavy (non-hydrogen) atoms. The molecule has 124 valence electrons. The van der Waals surface area contributed by atoms with E-state index in [4.69, 9.17) is 23.7 Å². The second-order valence-electron chi connectivity index (χ2n) is 5.04. The van der Waals surface area contributed by atoms with Crippen molar-refractivity contribution < 1.29 is 28.5 Å². The second kappa shape index (κ2) is 6.78. The summed E-state index contributed by atoms with van der Waals surface area (Å²) in [5.41, 5.74) is 0.690. The molecule has 2 aliphatic rings. The minimum absolute atomic E-state index is 0.0630. The van der Waals surface area contributed by atoms with Crippen LogP contribution in [-0.4, -0.2) is 58.1 Å². The molecule has 0 saturated carbocycles. The number of methoxy groups -OCH3 is 2. The summed E-state index contributed by atoms with van der Waals surface area (Å²) in [5.74, 6) is 2.00. The maximum absolute atomic E-state index is 12.2. The van der Waals surface area contributed by atoms with Crippen LogP contribution in [0.25, 0.3) is 6.08 Å². The topological polar surface area (TPSA) is 66.5 Å². The molecule has 1 aromatic carbocycles. The zero-order valence-electron chi connectivity index (χ0n) is 13.2. The second-order valence-corrected chi connectivity index (χ2v) is 5.04.